The first kappa shape index (κ1) is 13.9. The third-order valence-corrected chi connectivity index (χ3v) is 2.41. The van der Waals surface area contributed by atoms with Crippen LogP contribution in [0.25, 0.3) is 0 Å². The highest BCUT2D eigenvalue weighted by Crippen LogP contribution is 2.07. The van der Waals surface area contributed by atoms with Crippen molar-refractivity contribution < 1.29 is 4.74 Å². The number of rotatable bonds is 9. The summed E-state index contributed by atoms with van der Waals surface area (Å²) in [7, 11) is 0. The summed E-state index contributed by atoms with van der Waals surface area (Å²) in [6, 6.07) is 0. The van der Waals surface area contributed by atoms with E-state index in [1.807, 2.05) is 0 Å². The van der Waals surface area contributed by atoms with Crippen LogP contribution < -0.4 is 5.32 Å². The molecule has 0 bridgehead atoms. The Balaban J connectivity index is 3.38. The van der Waals surface area contributed by atoms with Gasteiger partial charge in [-0.2, -0.15) is 0 Å². The Kier molecular flexibility index (Phi) is 9.42. The molecule has 0 aromatic carbocycles. The highest BCUT2D eigenvalue weighted by atomic mass is 16.5. The standard InChI is InChI=1S/C12H27NO/c1-5-8-13-10-12(6-2)7-9-14-11(3)4/h11-13H,5-10H2,1-4H3. The van der Waals surface area contributed by atoms with Crippen molar-refractivity contribution in [1.29, 1.82) is 0 Å². The van der Waals surface area contributed by atoms with E-state index in [1.54, 1.807) is 0 Å². The highest BCUT2D eigenvalue weighted by molar-refractivity contribution is 4.60. The van der Waals surface area contributed by atoms with Gasteiger partial charge in [0, 0.05) is 6.61 Å². The summed E-state index contributed by atoms with van der Waals surface area (Å²) in [6.45, 7) is 11.8. The molecule has 0 saturated carbocycles. The highest BCUT2D eigenvalue weighted by Gasteiger charge is 2.05. The molecule has 0 fully saturated rings. The number of hydrogen-bond acceptors (Lipinski definition) is 2. The van der Waals surface area contributed by atoms with Gasteiger partial charge in [0.25, 0.3) is 0 Å². The molecule has 1 N–H and O–H groups in total. The van der Waals surface area contributed by atoms with Gasteiger partial charge in [0.15, 0.2) is 0 Å². The second-order valence-corrected chi connectivity index (χ2v) is 4.19. The van der Waals surface area contributed by atoms with Crippen molar-refractivity contribution in [2.75, 3.05) is 19.7 Å². The van der Waals surface area contributed by atoms with Crippen LogP contribution in [-0.2, 0) is 4.74 Å². The molecule has 0 aliphatic carbocycles. The molecule has 0 aromatic rings. The molecule has 0 aliphatic rings. The van der Waals surface area contributed by atoms with Crippen molar-refractivity contribution in [2.24, 2.45) is 5.92 Å². The first-order valence-corrected chi connectivity index (χ1v) is 6.03. The molecule has 0 heterocycles. The van der Waals surface area contributed by atoms with E-state index in [9.17, 15) is 0 Å². The summed E-state index contributed by atoms with van der Waals surface area (Å²) in [5.74, 6) is 0.778. The zero-order valence-corrected chi connectivity index (χ0v) is 10.3. The van der Waals surface area contributed by atoms with Crippen LogP contribution in [0.1, 0.15) is 47.0 Å². The Morgan fingerprint density at radius 1 is 1.21 bits per heavy atom. The van der Waals surface area contributed by atoms with E-state index in [1.165, 1.54) is 19.3 Å². The molecule has 2 nitrogen and oxygen atoms in total. The lowest BCUT2D eigenvalue weighted by molar-refractivity contribution is 0.0679. The van der Waals surface area contributed by atoms with E-state index in [4.69, 9.17) is 4.74 Å². The predicted octanol–water partition coefficient (Wildman–Crippen LogP) is 2.83. The van der Waals surface area contributed by atoms with Gasteiger partial charge in [0.1, 0.15) is 0 Å². The second kappa shape index (κ2) is 9.47. The van der Waals surface area contributed by atoms with Gasteiger partial charge in [0.2, 0.25) is 0 Å². The van der Waals surface area contributed by atoms with E-state index in [0.717, 1.165) is 25.6 Å². The molecule has 1 atom stereocenters. The number of ether oxygens (including phenoxy) is 1. The number of nitrogens with one attached hydrogen (secondary N) is 1. The fraction of sp³-hybridized carbons (Fsp3) is 1.00. The SMILES string of the molecule is CCCNCC(CC)CCOC(C)C. The van der Waals surface area contributed by atoms with Crippen LogP contribution in [0.15, 0.2) is 0 Å². The van der Waals surface area contributed by atoms with Gasteiger partial charge in [-0.25, -0.2) is 0 Å². The van der Waals surface area contributed by atoms with Crippen LogP contribution >= 0.6 is 0 Å². The first-order valence-electron chi connectivity index (χ1n) is 6.03. The topological polar surface area (TPSA) is 21.3 Å². The van der Waals surface area contributed by atoms with E-state index in [0.29, 0.717) is 6.10 Å². The molecule has 0 radical (unpaired) electrons. The van der Waals surface area contributed by atoms with Crippen molar-refractivity contribution in [2.45, 2.75) is 53.1 Å². The van der Waals surface area contributed by atoms with Crippen LogP contribution in [0.3, 0.4) is 0 Å². The maximum absolute atomic E-state index is 5.55. The summed E-state index contributed by atoms with van der Waals surface area (Å²) in [6.07, 6.45) is 4.03. The Morgan fingerprint density at radius 2 is 1.93 bits per heavy atom. The van der Waals surface area contributed by atoms with Crippen LogP contribution in [0.4, 0.5) is 0 Å². The molecule has 0 saturated heterocycles. The van der Waals surface area contributed by atoms with E-state index >= 15 is 0 Å². The van der Waals surface area contributed by atoms with Gasteiger partial charge < -0.3 is 10.1 Å². The quantitative estimate of drug-likeness (QED) is 0.579. The first-order chi connectivity index (χ1) is 6.70. The predicted molar refractivity (Wildman–Crippen MR) is 62.6 cm³/mol. The molecular weight excluding hydrogens is 174 g/mol. The third kappa shape index (κ3) is 8.52. The average molecular weight is 201 g/mol. The Hall–Kier alpha value is -0.0800. The summed E-state index contributed by atoms with van der Waals surface area (Å²) in [5, 5.41) is 3.47. The molecule has 1 unspecified atom stereocenters. The Labute approximate surface area is 89.4 Å². The lowest BCUT2D eigenvalue weighted by Gasteiger charge is -2.16. The van der Waals surface area contributed by atoms with Gasteiger partial charge in [-0.05, 0) is 45.7 Å². The fourth-order valence-corrected chi connectivity index (χ4v) is 1.40. The molecule has 14 heavy (non-hydrogen) atoms. The van der Waals surface area contributed by atoms with Crippen molar-refractivity contribution >= 4 is 0 Å². The Bertz CT molecular complexity index is 115. The van der Waals surface area contributed by atoms with Crippen LogP contribution in [-0.4, -0.2) is 25.8 Å². The summed E-state index contributed by atoms with van der Waals surface area (Å²) >= 11 is 0. The number of hydrogen-bond donors (Lipinski definition) is 1. The molecule has 86 valence electrons. The van der Waals surface area contributed by atoms with Gasteiger partial charge >= 0.3 is 0 Å². The lowest BCUT2D eigenvalue weighted by Crippen LogP contribution is -2.24. The fourth-order valence-electron chi connectivity index (χ4n) is 1.40. The van der Waals surface area contributed by atoms with E-state index in [-0.39, 0.29) is 0 Å². The normalized spacial score (nSPS) is 13.5. The summed E-state index contributed by atoms with van der Waals surface area (Å²) in [5.41, 5.74) is 0. The maximum Gasteiger partial charge on any atom is 0.0518 e. The summed E-state index contributed by atoms with van der Waals surface area (Å²) in [4.78, 5) is 0. The summed E-state index contributed by atoms with van der Waals surface area (Å²) < 4.78 is 5.55. The van der Waals surface area contributed by atoms with Gasteiger partial charge in [-0.3, -0.25) is 0 Å². The van der Waals surface area contributed by atoms with Crippen LogP contribution in [0, 0.1) is 5.92 Å². The lowest BCUT2D eigenvalue weighted by atomic mass is 10.0. The van der Waals surface area contributed by atoms with E-state index in [2.05, 4.69) is 33.0 Å². The Morgan fingerprint density at radius 3 is 2.43 bits per heavy atom. The van der Waals surface area contributed by atoms with Crippen LogP contribution in [0.2, 0.25) is 0 Å². The largest absolute Gasteiger partial charge is 0.379 e. The van der Waals surface area contributed by atoms with Gasteiger partial charge in [-0.15, -0.1) is 0 Å². The monoisotopic (exact) mass is 201 g/mol. The minimum absolute atomic E-state index is 0.371. The molecule has 0 aliphatic heterocycles. The molecular formula is C12H27NO. The maximum atomic E-state index is 5.55. The van der Waals surface area contributed by atoms with Crippen molar-refractivity contribution in [3.63, 3.8) is 0 Å². The zero-order chi connectivity index (χ0) is 10.8. The minimum atomic E-state index is 0.371. The van der Waals surface area contributed by atoms with Crippen molar-refractivity contribution in [3.8, 4) is 0 Å². The van der Waals surface area contributed by atoms with E-state index < -0.39 is 0 Å². The van der Waals surface area contributed by atoms with Gasteiger partial charge in [-0.1, -0.05) is 20.3 Å². The molecule has 0 spiro atoms. The average Bonchev–Trinajstić information content (AvgIpc) is 2.15. The van der Waals surface area contributed by atoms with Gasteiger partial charge in [0.05, 0.1) is 6.10 Å². The minimum Gasteiger partial charge on any atom is -0.379 e. The van der Waals surface area contributed by atoms with Crippen LogP contribution in [0.5, 0.6) is 0 Å². The van der Waals surface area contributed by atoms with Crippen molar-refractivity contribution in [1.82, 2.24) is 5.32 Å². The smallest absolute Gasteiger partial charge is 0.0518 e. The third-order valence-electron chi connectivity index (χ3n) is 2.41. The van der Waals surface area contributed by atoms with Crippen molar-refractivity contribution in [3.05, 3.63) is 0 Å². The molecule has 2 heteroatoms. The zero-order valence-electron chi connectivity index (χ0n) is 10.3. The second-order valence-electron chi connectivity index (χ2n) is 4.19. The molecule has 0 rings (SSSR count). The molecule has 0 amide bonds. The molecule has 0 aromatic heterocycles.